The molecule has 0 aliphatic carbocycles. The van der Waals surface area contributed by atoms with Crippen LogP contribution in [-0.2, 0) is 21.8 Å². The highest BCUT2D eigenvalue weighted by atomic mass is 16.9. The van der Waals surface area contributed by atoms with E-state index in [1.165, 1.54) is 11.1 Å². The number of nitrogens with zero attached hydrogens (tertiary/aromatic N) is 1. The molecule has 3 aliphatic heterocycles. The highest BCUT2D eigenvalue weighted by Crippen LogP contribution is 2.44. The van der Waals surface area contributed by atoms with Crippen molar-refractivity contribution in [3.63, 3.8) is 0 Å². The summed E-state index contributed by atoms with van der Waals surface area (Å²) < 4.78 is 17.9. The fraction of sp³-hybridized carbons (Fsp3) is 0.429. The van der Waals surface area contributed by atoms with Crippen molar-refractivity contribution < 1.29 is 14.2 Å². The number of likely N-dealkylation sites (tertiary alicyclic amines) is 1. The first kappa shape index (κ1) is 15.4. The lowest BCUT2D eigenvalue weighted by Gasteiger charge is -2.47. The van der Waals surface area contributed by atoms with Gasteiger partial charge < -0.3 is 14.2 Å². The zero-order valence-electron chi connectivity index (χ0n) is 14.3. The van der Waals surface area contributed by atoms with Crippen molar-refractivity contribution in [2.45, 2.75) is 31.1 Å². The first-order valence-corrected chi connectivity index (χ1v) is 9.19. The molecule has 1 unspecified atom stereocenters. The molecule has 1 atom stereocenters. The van der Waals surface area contributed by atoms with E-state index in [4.69, 9.17) is 14.2 Å². The van der Waals surface area contributed by atoms with Gasteiger partial charge in [0.2, 0.25) is 0 Å². The van der Waals surface area contributed by atoms with Crippen molar-refractivity contribution in [2.75, 3.05) is 26.5 Å². The molecule has 0 amide bonds. The summed E-state index contributed by atoms with van der Waals surface area (Å²) in [6.45, 7) is 3.06. The van der Waals surface area contributed by atoms with Crippen LogP contribution in [0, 0.1) is 0 Å². The van der Waals surface area contributed by atoms with Crippen LogP contribution in [0.25, 0.3) is 0 Å². The van der Waals surface area contributed by atoms with Gasteiger partial charge in [-0.1, -0.05) is 42.5 Å². The second-order valence-electron chi connectivity index (χ2n) is 7.11. The Hall–Kier alpha value is -1.88. The molecular formula is C21H23NO3. The summed E-state index contributed by atoms with van der Waals surface area (Å²) in [4.78, 5) is 2.33. The normalized spacial score (nSPS) is 25.0. The zero-order valence-corrected chi connectivity index (χ0v) is 14.3. The lowest BCUT2D eigenvalue weighted by Crippen LogP contribution is -2.56. The van der Waals surface area contributed by atoms with E-state index in [9.17, 15) is 0 Å². The largest absolute Gasteiger partial charge is 0.493 e. The van der Waals surface area contributed by atoms with Crippen molar-refractivity contribution in [2.24, 2.45) is 0 Å². The SMILES string of the molecule is c1ccc(C2CCN(C3(c4ccc5c(c4)OCCC5)OCO3)C2)cc1. The molecule has 0 saturated carbocycles. The first-order valence-electron chi connectivity index (χ1n) is 9.19. The molecule has 25 heavy (non-hydrogen) atoms. The summed E-state index contributed by atoms with van der Waals surface area (Å²) in [5.41, 5.74) is 3.73. The van der Waals surface area contributed by atoms with Crippen molar-refractivity contribution in [3.05, 3.63) is 65.2 Å². The molecule has 5 rings (SSSR count). The number of hydrogen-bond acceptors (Lipinski definition) is 4. The molecule has 4 nitrogen and oxygen atoms in total. The molecule has 0 aromatic heterocycles. The van der Waals surface area contributed by atoms with E-state index in [-0.39, 0.29) is 0 Å². The lowest BCUT2D eigenvalue weighted by atomic mass is 9.98. The Morgan fingerprint density at radius 3 is 2.72 bits per heavy atom. The molecule has 130 valence electrons. The standard InChI is InChI=1S/C21H23NO3/c1-2-5-16(6-3-1)18-10-11-22(14-18)21(24-15-25-21)19-9-8-17-7-4-12-23-20(17)13-19/h1-3,5-6,8-9,13,18H,4,7,10-12,14-15H2. The number of benzene rings is 2. The molecule has 3 heterocycles. The van der Waals surface area contributed by atoms with Crippen LogP contribution in [0.4, 0.5) is 0 Å². The van der Waals surface area contributed by atoms with E-state index in [1.807, 2.05) is 0 Å². The molecule has 4 heteroatoms. The molecule has 3 aliphatic rings. The molecule has 0 bridgehead atoms. The van der Waals surface area contributed by atoms with Gasteiger partial charge in [0.1, 0.15) is 5.75 Å². The number of fused-ring (bicyclic) bond motifs is 1. The summed E-state index contributed by atoms with van der Waals surface area (Å²) in [6.07, 6.45) is 3.30. The molecule has 2 fully saturated rings. The summed E-state index contributed by atoms with van der Waals surface area (Å²) in [6, 6.07) is 17.2. The van der Waals surface area contributed by atoms with Crippen LogP contribution >= 0.6 is 0 Å². The Balaban J connectivity index is 1.42. The Morgan fingerprint density at radius 2 is 1.92 bits per heavy atom. The Labute approximate surface area is 148 Å². The summed E-state index contributed by atoms with van der Waals surface area (Å²) in [7, 11) is 0. The molecule has 0 N–H and O–H groups in total. The third kappa shape index (κ3) is 2.56. The number of ether oxygens (including phenoxy) is 3. The summed E-state index contributed by atoms with van der Waals surface area (Å²) >= 11 is 0. The molecule has 2 aromatic rings. The molecular weight excluding hydrogens is 314 g/mol. The van der Waals surface area contributed by atoms with Crippen molar-refractivity contribution in [3.8, 4) is 5.75 Å². The van der Waals surface area contributed by atoms with Gasteiger partial charge in [-0.15, -0.1) is 0 Å². The average molecular weight is 337 g/mol. The van der Waals surface area contributed by atoms with Gasteiger partial charge in [-0.05, 0) is 42.4 Å². The van der Waals surface area contributed by atoms with Gasteiger partial charge in [0.25, 0.3) is 5.91 Å². The van der Waals surface area contributed by atoms with Gasteiger partial charge in [-0.25, -0.2) is 4.90 Å². The fourth-order valence-electron chi connectivity index (χ4n) is 4.26. The summed E-state index contributed by atoms with van der Waals surface area (Å²) in [5.74, 6) is 0.778. The van der Waals surface area contributed by atoms with E-state index < -0.39 is 5.91 Å². The average Bonchev–Trinajstić information content (AvgIpc) is 3.12. The Kier molecular flexibility index (Phi) is 3.77. The van der Waals surface area contributed by atoms with E-state index in [2.05, 4.69) is 53.4 Å². The van der Waals surface area contributed by atoms with Gasteiger partial charge in [0.05, 0.1) is 6.61 Å². The number of aryl methyl sites for hydroxylation is 1. The minimum atomic E-state index is -0.737. The Morgan fingerprint density at radius 1 is 1.04 bits per heavy atom. The molecule has 0 spiro atoms. The lowest BCUT2D eigenvalue weighted by molar-refractivity contribution is -0.465. The van der Waals surface area contributed by atoms with Crippen LogP contribution in [0.2, 0.25) is 0 Å². The van der Waals surface area contributed by atoms with Crippen LogP contribution < -0.4 is 4.74 Å². The number of rotatable bonds is 3. The quantitative estimate of drug-likeness (QED) is 0.856. The third-order valence-corrected chi connectivity index (χ3v) is 5.66. The van der Waals surface area contributed by atoms with Gasteiger partial charge in [0, 0.05) is 18.7 Å². The fourth-order valence-corrected chi connectivity index (χ4v) is 4.26. The van der Waals surface area contributed by atoms with Crippen molar-refractivity contribution in [1.82, 2.24) is 4.90 Å². The minimum Gasteiger partial charge on any atom is -0.493 e. The van der Waals surface area contributed by atoms with E-state index >= 15 is 0 Å². The van der Waals surface area contributed by atoms with Crippen molar-refractivity contribution >= 4 is 0 Å². The van der Waals surface area contributed by atoms with Gasteiger partial charge in [-0.3, -0.25) is 0 Å². The van der Waals surface area contributed by atoms with Crippen LogP contribution in [0.5, 0.6) is 5.75 Å². The summed E-state index contributed by atoms with van der Waals surface area (Å²) in [5, 5.41) is 0. The number of hydrogen-bond donors (Lipinski definition) is 0. The van der Waals surface area contributed by atoms with Crippen molar-refractivity contribution in [1.29, 1.82) is 0 Å². The van der Waals surface area contributed by atoms with E-state index in [0.29, 0.717) is 12.7 Å². The maximum Gasteiger partial charge on any atom is 0.262 e. The maximum atomic E-state index is 6.01. The smallest absolute Gasteiger partial charge is 0.262 e. The predicted octanol–water partition coefficient (Wildman–Crippen LogP) is 3.62. The zero-order chi connectivity index (χ0) is 16.7. The maximum absolute atomic E-state index is 6.01. The first-order chi connectivity index (χ1) is 12.4. The Bertz CT molecular complexity index is 757. The second-order valence-corrected chi connectivity index (χ2v) is 7.11. The highest BCUT2D eigenvalue weighted by molar-refractivity contribution is 5.40. The van der Waals surface area contributed by atoms with Crippen LogP contribution in [-0.4, -0.2) is 31.4 Å². The topological polar surface area (TPSA) is 30.9 Å². The second kappa shape index (κ2) is 6.13. The molecule has 0 radical (unpaired) electrons. The minimum absolute atomic E-state index is 0.352. The van der Waals surface area contributed by atoms with E-state index in [1.54, 1.807) is 0 Å². The van der Waals surface area contributed by atoms with Gasteiger partial charge in [-0.2, -0.15) is 0 Å². The highest BCUT2D eigenvalue weighted by Gasteiger charge is 2.50. The van der Waals surface area contributed by atoms with Gasteiger partial charge >= 0.3 is 0 Å². The van der Waals surface area contributed by atoms with Crippen LogP contribution in [0.1, 0.15) is 35.4 Å². The molecule has 2 saturated heterocycles. The monoisotopic (exact) mass is 337 g/mol. The van der Waals surface area contributed by atoms with Crippen LogP contribution in [0.15, 0.2) is 48.5 Å². The molecule has 2 aromatic carbocycles. The predicted molar refractivity (Wildman–Crippen MR) is 94.3 cm³/mol. The van der Waals surface area contributed by atoms with Crippen LogP contribution in [0.3, 0.4) is 0 Å². The van der Waals surface area contributed by atoms with Gasteiger partial charge in [0.15, 0.2) is 6.79 Å². The third-order valence-electron chi connectivity index (χ3n) is 5.66. The van der Waals surface area contributed by atoms with E-state index in [0.717, 1.165) is 50.3 Å².